The maximum Gasteiger partial charge on any atom is 0.133 e. The highest BCUT2D eigenvalue weighted by atomic mass is 16.5. The number of ether oxygens (including phenoxy) is 1. The molecule has 0 saturated carbocycles. The van der Waals surface area contributed by atoms with Crippen molar-refractivity contribution in [2.75, 3.05) is 18.5 Å². The molecule has 0 amide bonds. The molecule has 1 N–H and O–H groups in total. The first-order valence-electron chi connectivity index (χ1n) is 7.46. The van der Waals surface area contributed by atoms with E-state index in [2.05, 4.69) is 31.1 Å². The Kier molecular flexibility index (Phi) is 5.14. The lowest BCUT2D eigenvalue weighted by Crippen LogP contribution is -2.23. The average Bonchev–Trinajstić information content (AvgIpc) is 2.43. The highest BCUT2D eigenvalue weighted by molar-refractivity contribution is 5.45. The minimum Gasteiger partial charge on any atom is -0.378 e. The van der Waals surface area contributed by atoms with E-state index in [0.717, 1.165) is 49.8 Å². The summed E-state index contributed by atoms with van der Waals surface area (Å²) in [6, 6.07) is 0. The minimum atomic E-state index is 0.302. The van der Waals surface area contributed by atoms with Crippen LogP contribution in [0, 0.1) is 6.92 Å². The second-order valence-corrected chi connectivity index (χ2v) is 5.14. The molecule has 1 aliphatic rings. The van der Waals surface area contributed by atoms with Crippen LogP contribution in [0.25, 0.3) is 0 Å². The van der Waals surface area contributed by atoms with Gasteiger partial charge in [-0.3, -0.25) is 0 Å². The smallest absolute Gasteiger partial charge is 0.133 e. The molecule has 1 atom stereocenters. The van der Waals surface area contributed by atoms with Crippen molar-refractivity contribution in [3.05, 3.63) is 17.1 Å². The quantitative estimate of drug-likeness (QED) is 0.887. The number of nitrogens with zero attached hydrogens (tertiary/aromatic N) is 2. The van der Waals surface area contributed by atoms with Gasteiger partial charge >= 0.3 is 0 Å². The van der Waals surface area contributed by atoms with Crippen molar-refractivity contribution < 1.29 is 4.74 Å². The highest BCUT2D eigenvalue weighted by Gasteiger charge is 2.17. The predicted octanol–water partition coefficient (Wildman–Crippen LogP) is 2.89. The van der Waals surface area contributed by atoms with Gasteiger partial charge in [0.1, 0.15) is 11.6 Å². The molecule has 1 fully saturated rings. The van der Waals surface area contributed by atoms with Gasteiger partial charge in [-0.25, -0.2) is 9.97 Å². The number of anilines is 1. The van der Waals surface area contributed by atoms with Gasteiger partial charge in [0, 0.05) is 30.8 Å². The third-order valence-electron chi connectivity index (χ3n) is 3.66. The molecule has 1 aromatic heterocycles. The van der Waals surface area contributed by atoms with E-state index in [1.54, 1.807) is 0 Å². The largest absolute Gasteiger partial charge is 0.378 e. The van der Waals surface area contributed by atoms with E-state index in [0.29, 0.717) is 6.10 Å². The molecule has 4 heteroatoms. The Balaban J connectivity index is 2.16. The van der Waals surface area contributed by atoms with Crippen LogP contribution in [-0.4, -0.2) is 29.2 Å². The first-order valence-corrected chi connectivity index (χ1v) is 7.46. The molecule has 1 saturated heterocycles. The molecule has 19 heavy (non-hydrogen) atoms. The zero-order chi connectivity index (χ0) is 13.7. The standard InChI is InChI=1S/C15H25N3O/c1-4-13-11(3)15(16-5-2)18-14(17-13)10-12-8-6-7-9-19-12/h12H,4-10H2,1-3H3,(H,16,17,18). The molecular weight excluding hydrogens is 238 g/mol. The molecule has 0 spiro atoms. The third-order valence-corrected chi connectivity index (χ3v) is 3.66. The summed E-state index contributed by atoms with van der Waals surface area (Å²) in [5.41, 5.74) is 2.33. The molecule has 2 rings (SSSR count). The van der Waals surface area contributed by atoms with Crippen LogP contribution in [-0.2, 0) is 17.6 Å². The van der Waals surface area contributed by atoms with Crippen LogP contribution in [0.2, 0.25) is 0 Å². The van der Waals surface area contributed by atoms with Crippen LogP contribution in [0.1, 0.15) is 50.2 Å². The van der Waals surface area contributed by atoms with Gasteiger partial charge in [0.05, 0.1) is 6.10 Å². The van der Waals surface area contributed by atoms with Crippen LogP contribution >= 0.6 is 0 Å². The number of hydrogen-bond donors (Lipinski definition) is 1. The third kappa shape index (κ3) is 3.66. The Bertz CT molecular complexity index is 414. The van der Waals surface area contributed by atoms with Gasteiger partial charge in [-0.1, -0.05) is 6.92 Å². The van der Waals surface area contributed by atoms with Crippen LogP contribution in [0.4, 0.5) is 5.82 Å². The van der Waals surface area contributed by atoms with Crippen molar-refractivity contribution >= 4 is 5.82 Å². The number of nitrogens with one attached hydrogen (secondary N) is 1. The van der Waals surface area contributed by atoms with Crippen molar-refractivity contribution in [3.8, 4) is 0 Å². The molecule has 0 radical (unpaired) electrons. The van der Waals surface area contributed by atoms with Gasteiger partial charge in [-0.2, -0.15) is 0 Å². The minimum absolute atomic E-state index is 0.302. The van der Waals surface area contributed by atoms with Crippen LogP contribution < -0.4 is 5.32 Å². The zero-order valence-electron chi connectivity index (χ0n) is 12.3. The Morgan fingerprint density at radius 3 is 2.74 bits per heavy atom. The Labute approximate surface area is 116 Å². The molecule has 1 aliphatic heterocycles. The van der Waals surface area contributed by atoms with Crippen LogP contribution in [0.3, 0.4) is 0 Å². The monoisotopic (exact) mass is 263 g/mol. The molecule has 4 nitrogen and oxygen atoms in total. The second kappa shape index (κ2) is 6.85. The van der Waals surface area contributed by atoms with E-state index in [-0.39, 0.29) is 0 Å². The molecule has 0 aromatic carbocycles. The first-order chi connectivity index (χ1) is 9.24. The maximum atomic E-state index is 5.79. The van der Waals surface area contributed by atoms with Gasteiger partial charge < -0.3 is 10.1 Å². The number of hydrogen-bond acceptors (Lipinski definition) is 4. The lowest BCUT2D eigenvalue weighted by molar-refractivity contribution is 0.0156. The number of aromatic nitrogens is 2. The summed E-state index contributed by atoms with van der Waals surface area (Å²) in [6.45, 7) is 8.11. The lowest BCUT2D eigenvalue weighted by atomic mass is 10.1. The van der Waals surface area contributed by atoms with Crippen molar-refractivity contribution in [1.29, 1.82) is 0 Å². The zero-order valence-corrected chi connectivity index (χ0v) is 12.3. The number of aryl methyl sites for hydroxylation is 1. The van der Waals surface area contributed by atoms with Gasteiger partial charge in [-0.15, -0.1) is 0 Å². The van der Waals surface area contributed by atoms with E-state index in [4.69, 9.17) is 9.72 Å². The fourth-order valence-corrected chi connectivity index (χ4v) is 2.56. The lowest BCUT2D eigenvalue weighted by Gasteiger charge is -2.22. The maximum absolute atomic E-state index is 5.79. The van der Waals surface area contributed by atoms with E-state index >= 15 is 0 Å². The molecule has 2 heterocycles. The molecule has 0 bridgehead atoms. The SMILES string of the molecule is CCNc1nc(CC2CCCCO2)nc(CC)c1C. The summed E-state index contributed by atoms with van der Waals surface area (Å²) >= 11 is 0. The topological polar surface area (TPSA) is 47.0 Å². The van der Waals surface area contributed by atoms with Crippen molar-refractivity contribution in [3.63, 3.8) is 0 Å². The van der Waals surface area contributed by atoms with Crippen molar-refractivity contribution in [1.82, 2.24) is 9.97 Å². The van der Waals surface area contributed by atoms with E-state index in [1.807, 2.05) is 0 Å². The molecule has 0 aliphatic carbocycles. The predicted molar refractivity (Wildman–Crippen MR) is 77.6 cm³/mol. The summed E-state index contributed by atoms with van der Waals surface area (Å²) in [5.74, 6) is 1.91. The van der Waals surface area contributed by atoms with E-state index in [1.165, 1.54) is 18.4 Å². The second-order valence-electron chi connectivity index (χ2n) is 5.14. The first kappa shape index (κ1) is 14.3. The Hall–Kier alpha value is -1.16. The fraction of sp³-hybridized carbons (Fsp3) is 0.733. The van der Waals surface area contributed by atoms with Crippen molar-refractivity contribution in [2.45, 2.75) is 59.0 Å². The van der Waals surface area contributed by atoms with Crippen LogP contribution in [0.15, 0.2) is 0 Å². The van der Waals surface area contributed by atoms with Gasteiger partial charge in [0.2, 0.25) is 0 Å². The molecule has 1 aromatic rings. The Morgan fingerprint density at radius 2 is 2.11 bits per heavy atom. The molecule has 106 valence electrons. The van der Waals surface area contributed by atoms with E-state index in [9.17, 15) is 0 Å². The summed E-state index contributed by atoms with van der Waals surface area (Å²) in [4.78, 5) is 9.36. The summed E-state index contributed by atoms with van der Waals surface area (Å²) in [7, 11) is 0. The average molecular weight is 263 g/mol. The molecular formula is C15H25N3O. The summed E-state index contributed by atoms with van der Waals surface area (Å²) in [5, 5.41) is 3.34. The summed E-state index contributed by atoms with van der Waals surface area (Å²) < 4.78 is 5.79. The van der Waals surface area contributed by atoms with E-state index < -0.39 is 0 Å². The van der Waals surface area contributed by atoms with Gasteiger partial charge in [0.15, 0.2) is 0 Å². The highest BCUT2D eigenvalue weighted by Crippen LogP contribution is 2.20. The Morgan fingerprint density at radius 1 is 1.26 bits per heavy atom. The summed E-state index contributed by atoms with van der Waals surface area (Å²) in [6.07, 6.45) is 5.67. The number of rotatable bonds is 5. The van der Waals surface area contributed by atoms with Gasteiger partial charge in [0.25, 0.3) is 0 Å². The normalized spacial score (nSPS) is 19.4. The van der Waals surface area contributed by atoms with Gasteiger partial charge in [-0.05, 0) is 39.5 Å². The van der Waals surface area contributed by atoms with Crippen LogP contribution in [0.5, 0.6) is 0 Å². The fourth-order valence-electron chi connectivity index (χ4n) is 2.56. The molecule has 1 unspecified atom stereocenters. The van der Waals surface area contributed by atoms with Crippen molar-refractivity contribution in [2.24, 2.45) is 0 Å².